The fourth-order valence-electron chi connectivity index (χ4n) is 3.41. The molecule has 4 nitrogen and oxygen atoms in total. The van der Waals surface area contributed by atoms with Crippen LogP contribution in [-0.4, -0.2) is 55.1 Å². The highest BCUT2D eigenvalue weighted by molar-refractivity contribution is 5.75. The first-order chi connectivity index (χ1) is 9.22. The summed E-state index contributed by atoms with van der Waals surface area (Å²) in [5, 5.41) is 3.21. The first-order valence-corrected chi connectivity index (χ1v) is 7.92. The molecule has 2 aliphatic rings. The SMILES string of the molecule is CNCCC1CCCCN1C(=O)N1CCCC(C)C1. The lowest BCUT2D eigenvalue weighted by molar-refractivity contribution is 0.0976. The predicted molar refractivity (Wildman–Crippen MR) is 78.3 cm³/mol. The van der Waals surface area contributed by atoms with Crippen molar-refractivity contribution >= 4 is 6.03 Å². The van der Waals surface area contributed by atoms with E-state index >= 15 is 0 Å². The Balaban J connectivity index is 1.94. The van der Waals surface area contributed by atoms with Crippen molar-refractivity contribution in [3.8, 4) is 0 Å². The number of hydrogen-bond donors (Lipinski definition) is 1. The number of nitrogens with zero attached hydrogens (tertiary/aromatic N) is 2. The Labute approximate surface area is 117 Å². The van der Waals surface area contributed by atoms with Crippen LogP contribution in [0.4, 0.5) is 4.79 Å². The molecule has 0 aromatic heterocycles. The van der Waals surface area contributed by atoms with Gasteiger partial charge in [-0.2, -0.15) is 0 Å². The van der Waals surface area contributed by atoms with Crippen molar-refractivity contribution in [1.82, 2.24) is 15.1 Å². The van der Waals surface area contributed by atoms with Gasteiger partial charge in [-0.1, -0.05) is 6.92 Å². The molecule has 2 saturated heterocycles. The molecule has 0 saturated carbocycles. The number of carbonyl (C=O) groups excluding carboxylic acids is 1. The van der Waals surface area contributed by atoms with Crippen molar-refractivity contribution in [2.45, 2.75) is 51.5 Å². The Hall–Kier alpha value is -0.770. The fraction of sp³-hybridized carbons (Fsp3) is 0.933. The maximum absolute atomic E-state index is 12.7. The predicted octanol–water partition coefficient (Wildman–Crippen LogP) is 2.30. The maximum atomic E-state index is 12.7. The second-order valence-corrected chi connectivity index (χ2v) is 6.21. The second kappa shape index (κ2) is 7.13. The molecule has 0 aromatic carbocycles. The van der Waals surface area contributed by atoms with E-state index in [-0.39, 0.29) is 0 Å². The Morgan fingerprint density at radius 2 is 2.05 bits per heavy atom. The Kier molecular flexibility index (Phi) is 5.49. The normalized spacial score (nSPS) is 28.5. The molecule has 2 amide bonds. The van der Waals surface area contributed by atoms with E-state index in [1.165, 1.54) is 32.1 Å². The van der Waals surface area contributed by atoms with E-state index in [9.17, 15) is 4.79 Å². The largest absolute Gasteiger partial charge is 0.324 e. The molecule has 110 valence electrons. The molecule has 0 radical (unpaired) electrons. The van der Waals surface area contributed by atoms with Crippen LogP contribution < -0.4 is 5.32 Å². The molecular formula is C15H29N3O. The van der Waals surface area contributed by atoms with Crippen molar-refractivity contribution in [3.05, 3.63) is 0 Å². The summed E-state index contributed by atoms with van der Waals surface area (Å²) in [6, 6.07) is 0.748. The van der Waals surface area contributed by atoms with Gasteiger partial charge in [0.25, 0.3) is 0 Å². The van der Waals surface area contributed by atoms with Gasteiger partial charge in [-0.25, -0.2) is 4.79 Å². The van der Waals surface area contributed by atoms with E-state index in [1.54, 1.807) is 0 Å². The van der Waals surface area contributed by atoms with Gasteiger partial charge in [-0.05, 0) is 58.0 Å². The Bertz CT molecular complexity index is 295. The topological polar surface area (TPSA) is 35.6 Å². The molecule has 1 N–H and O–H groups in total. The molecule has 2 rings (SSSR count). The summed E-state index contributed by atoms with van der Waals surface area (Å²) in [7, 11) is 1.99. The molecule has 2 atom stereocenters. The molecule has 0 spiro atoms. The summed E-state index contributed by atoms with van der Waals surface area (Å²) in [6.07, 6.45) is 7.15. The van der Waals surface area contributed by atoms with Crippen molar-refractivity contribution in [3.63, 3.8) is 0 Å². The van der Waals surface area contributed by atoms with Crippen LogP contribution in [0.2, 0.25) is 0 Å². The van der Waals surface area contributed by atoms with Gasteiger partial charge < -0.3 is 15.1 Å². The Morgan fingerprint density at radius 1 is 1.21 bits per heavy atom. The van der Waals surface area contributed by atoms with Gasteiger partial charge in [0.15, 0.2) is 0 Å². The summed E-state index contributed by atoms with van der Waals surface area (Å²) >= 11 is 0. The van der Waals surface area contributed by atoms with E-state index in [0.29, 0.717) is 18.0 Å². The highest BCUT2D eigenvalue weighted by Crippen LogP contribution is 2.23. The lowest BCUT2D eigenvalue weighted by Gasteiger charge is -2.41. The van der Waals surface area contributed by atoms with E-state index in [0.717, 1.165) is 32.6 Å². The summed E-state index contributed by atoms with van der Waals surface area (Å²) in [5.74, 6) is 0.665. The van der Waals surface area contributed by atoms with Crippen molar-refractivity contribution in [1.29, 1.82) is 0 Å². The van der Waals surface area contributed by atoms with E-state index in [4.69, 9.17) is 0 Å². The third kappa shape index (κ3) is 3.85. The van der Waals surface area contributed by atoms with Crippen LogP contribution in [0.3, 0.4) is 0 Å². The van der Waals surface area contributed by atoms with E-state index in [1.807, 2.05) is 7.05 Å². The third-order valence-electron chi connectivity index (χ3n) is 4.53. The summed E-state index contributed by atoms with van der Waals surface area (Å²) in [4.78, 5) is 16.9. The monoisotopic (exact) mass is 267 g/mol. The minimum absolute atomic E-state index is 0.298. The van der Waals surface area contributed by atoms with Gasteiger partial charge in [-0.3, -0.25) is 0 Å². The molecule has 0 aliphatic carbocycles. The van der Waals surface area contributed by atoms with Gasteiger partial charge in [0.1, 0.15) is 0 Å². The van der Waals surface area contributed by atoms with Gasteiger partial charge in [0, 0.05) is 25.7 Å². The minimum Gasteiger partial charge on any atom is -0.324 e. The number of likely N-dealkylation sites (tertiary alicyclic amines) is 2. The minimum atomic E-state index is 0.298. The van der Waals surface area contributed by atoms with Crippen LogP contribution in [-0.2, 0) is 0 Å². The number of nitrogens with one attached hydrogen (secondary N) is 1. The molecular weight excluding hydrogens is 238 g/mol. The zero-order valence-corrected chi connectivity index (χ0v) is 12.5. The zero-order chi connectivity index (χ0) is 13.7. The molecule has 2 fully saturated rings. The number of rotatable bonds is 3. The van der Waals surface area contributed by atoms with Gasteiger partial charge >= 0.3 is 6.03 Å². The van der Waals surface area contributed by atoms with Crippen LogP contribution >= 0.6 is 0 Å². The molecule has 2 unspecified atom stereocenters. The summed E-state index contributed by atoms with van der Waals surface area (Å²) in [5.41, 5.74) is 0. The van der Waals surface area contributed by atoms with Gasteiger partial charge in [0.05, 0.1) is 0 Å². The second-order valence-electron chi connectivity index (χ2n) is 6.21. The van der Waals surface area contributed by atoms with Crippen molar-refractivity contribution in [2.75, 3.05) is 33.2 Å². The first kappa shape index (κ1) is 14.6. The van der Waals surface area contributed by atoms with Crippen molar-refractivity contribution < 1.29 is 4.79 Å². The summed E-state index contributed by atoms with van der Waals surface area (Å²) < 4.78 is 0. The van der Waals surface area contributed by atoms with Crippen LogP contribution in [0.1, 0.15) is 45.4 Å². The lowest BCUT2D eigenvalue weighted by Crippen LogP contribution is -2.53. The van der Waals surface area contributed by atoms with Crippen LogP contribution in [0.5, 0.6) is 0 Å². The third-order valence-corrected chi connectivity index (χ3v) is 4.53. The maximum Gasteiger partial charge on any atom is 0.320 e. The summed E-state index contributed by atoms with van der Waals surface area (Å²) in [6.45, 7) is 6.13. The highest BCUT2D eigenvalue weighted by Gasteiger charge is 2.31. The van der Waals surface area contributed by atoms with E-state index < -0.39 is 0 Å². The standard InChI is InChI=1S/C15H29N3O/c1-13-6-5-10-17(12-13)15(19)18-11-4-3-7-14(18)8-9-16-2/h13-14,16H,3-12H2,1-2H3. The number of hydrogen-bond acceptors (Lipinski definition) is 2. The molecule has 0 bridgehead atoms. The Morgan fingerprint density at radius 3 is 2.79 bits per heavy atom. The van der Waals surface area contributed by atoms with E-state index in [2.05, 4.69) is 22.0 Å². The molecule has 19 heavy (non-hydrogen) atoms. The molecule has 0 aromatic rings. The van der Waals surface area contributed by atoms with Crippen LogP contribution in [0, 0.1) is 5.92 Å². The van der Waals surface area contributed by atoms with Crippen molar-refractivity contribution in [2.24, 2.45) is 5.92 Å². The quantitative estimate of drug-likeness (QED) is 0.851. The average molecular weight is 267 g/mol. The van der Waals surface area contributed by atoms with Gasteiger partial charge in [0.2, 0.25) is 0 Å². The molecule has 2 heterocycles. The molecule has 2 aliphatic heterocycles. The van der Waals surface area contributed by atoms with Crippen LogP contribution in [0.25, 0.3) is 0 Å². The average Bonchev–Trinajstić information content (AvgIpc) is 2.44. The highest BCUT2D eigenvalue weighted by atomic mass is 16.2. The zero-order valence-electron chi connectivity index (χ0n) is 12.5. The number of urea groups is 1. The number of carbonyl (C=O) groups is 1. The first-order valence-electron chi connectivity index (χ1n) is 7.92. The number of piperidine rings is 2. The number of amides is 2. The molecule has 4 heteroatoms. The van der Waals surface area contributed by atoms with Crippen LogP contribution in [0.15, 0.2) is 0 Å². The smallest absolute Gasteiger partial charge is 0.320 e. The lowest BCUT2D eigenvalue weighted by atomic mass is 9.98. The fourth-order valence-corrected chi connectivity index (χ4v) is 3.41. The van der Waals surface area contributed by atoms with Gasteiger partial charge in [-0.15, -0.1) is 0 Å².